The number of H-pyrrole nitrogens is 1. The van der Waals surface area contributed by atoms with E-state index in [0.717, 1.165) is 28.0 Å². The van der Waals surface area contributed by atoms with Gasteiger partial charge in [-0.2, -0.15) is 9.97 Å². The first kappa shape index (κ1) is 43.7. The van der Waals surface area contributed by atoms with Crippen LogP contribution in [0.2, 0.25) is 0 Å². The van der Waals surface area contributed by atoms with Crippen molar-refractivity contribution < 1.29 is 76.8 Å². The predicted octanol–water partition coefficient (Wildman–Crippen LogP) is -4.90. The molecule has 3 aliphatic heterocycles. The van der Waals surface area contributed by atoms with E-state index in [1.54, 1.807) is 0 Å². The SMILES string of the molecule is Nc1ccn([C@@H]2O[C@H](CO)[C@@H](OP(=O)(O)OC[C@H]3O[C@@H](n4cnc5c(=O)[nH]c(N)nc54)[C@H](O)[C@@H]3OP(=O)(O)OC[C@H]3O[C@@H](n4cnc5c(N)ncnc54)[C@H](O)[C@@H]3O)[C@H]2O)c(=O)n1. The number of rotatable bonds is 14. The molecule has 31 nitrogen and oxygen atoms in total. The Bertz CT molecular complexity index is 2680. The molecule has 5 aromatic rings. The number of hydrogen-bond acceptors (Lipinski definition) is 25. The molecular weight excluding hydrogens is 880 g/mol. The summed E-state index contributed by atoms with van der Waals surface area (Å²) in [5.74, 6) is -0.496. The summed E-state index contributed by atoms with van der Waals surface area (Å²) in [6.07, 6.45) is -16.0. The lowest BCUT2D eigenvalue weighted by Gasteiger charge is -2.25. The van der Waals surface area contributed by atoms with Gasteiger partial charge in [0.2, 0.25) is 5.95 Å². The molecule has 8 rings (SSSR count). The second kappa shape index (κ2) is 16.7. The number of nitrogens with one attached hydrogen (secondary N) is 1. The van der Waals surface area contributed by atoms with Crippen LogP contribution in [0.15, 0.2) is 40.8 Å². The first-order valence-corrected chi connectivity index (χ1v) is 21.0. The van der Waals surface area contributed by atoms with Crippen molar-refractivity contribution in [3.63, 3.8) is 0 Å². The molecule has 3 fully saturated rings. The number of ether oxygens (including phenoxy) is 3. The Labute approximate surface area is 343 Å². The number of nitrogens with zero attached hydrogens (tertiary/aromatic N) is 9. The number of anilines is 3. The van der Waals surface area contributed by atoms with Crippen molar-refractivity contribution in [3.05, 3.63) is 52.1 Å². The van der Waals surface area contributed by atoms with Crippen molar-refractivity contribution in [2.75, 3.05) is 37.0 Å². The smallest absolute Gasteiger partial charge is 0.394 e. The molecular formula is C29H37N13O18P2. The van der Waals surface area contributed by atoms with Gasteiger partial charge in [0.15, 0.2) is 41.3 Å². The van der Waals surface area contributed by atoms with Crippen LogP contribution in [-0.2, 0) is 41.4 Å². The summed E-state index contributed by atoms with van der Waals surface area (Å²) in [6.45, 7) is -2.88. The molecule has 2 unspecified atom stereocenters. The summed E-state index contributed by atoms with van der Waals surface area (Å²) in [5, 5.41) is 53.9. The van der Waals surface area contributed by atoms with Crippen molar-refractivity contribution in [2.24, 2.45) is 0 Å². The molecule has 8 heterocycles. The molecule has 5 aromatic heterocycles. The van der Waals surface area contributed by atoms with Crippen LogP contribution in [0.3, 0.4) is 0 Å². The van der Waals surface area contributed by atoms with Gasteiger partial charge < -0.3 is 66.7 Å². The van der Waals surface area contributed by atoms with Gasteiger partial charge in [-0.15, -0.1) is 0 Å². The number of imidazole rings is 2. The van der Waals surface area contributed by atoms with E-state index >= 15 is 0 Å². The number of aromatic nitrogens is 10. The molecule has 14 N–H and O–H groups in total. The molecule has 33 heteroatoms. The highest BCUT2D eigenvalue weighted by Crippen LogP contribution is 2.52. The van der Waals surface area contributed by atoms with E-state index in [9.17, 15) is 54.0 Å². The predicted molar refractivity (Wildman–Crippen MR) is 199 cm³/mol. The van der Waals surface area contributed by atoms with Gasteiger partial charge in [-0.05, 0) is 6.07 Å². The third-order valence-electron chi connectivity index (χ3n) is 9.96. The summed E-state index contributed by atoms with van der Waals surface area (Å²) in [5.41, 5.74) is 15.1. The second-order valence-corrected chi connectivity index (χ2v) is 16.7. The molecule has 0 spiro atoms. The van der Waals surface area contributed by atoms with E-state index in [-0.39, 0.29) is 39.9 Å². The molecule has 62 heavy (non-hydrogen) atoms. The van der Waals surface area contributed by atoms with Crippen LogP contribution < -0.4 is 28.5 Å². The number of nitrogens with two attached hydrogens (primary N) is 3. The van der Waals surface area contributed by atoms with Crippen LogP contribution in [0, 0.1) is 0 Å². The first-order chi connectivity index (χ1) is 29.4. The minimum absolute atomic E-state index is 0.0202. The Balaban J connectivity index is 0.992. The molecule has 0 radical (unpaired) electrons. The average Bonchev–Trinajstić information content (AvgIpc) is 4.02. The number of aliphatic hydroxyl groups is 5. The Morgan fingerprint density at radius 2 is 1.27 bits per heavy atom. The number of phosphoric ester groups is 2. The maximum Gasteiger partial charge on any atom is 0.472 e. The maximum atomic E-state index is 13.5. The summed E-state index contributed by atoms with van der Waals surface area (Å²) in [6, 6.07) is 1.21. The second-order valence-electron chi connectivity index (χ2n) is 13.9. The third-order valence-corrected chi connectivity index (χ3v) is 11.9. The van der Waals surface area contributed by atoms with Crippen molar-refractivity contribution >= 4 is 55.6 Å². The van der Waals surface area contributed by atoms with Crippen molar-refractivity contribution in [1.82, 2.24) is 48.6 Å². The molecule has 0 bridgehead atoms. The minimum Gasteiger partial charge on any atom is -0.394 e. The molecule has 3 saturated heterocycles. The Morgan fingerprint density at radius 3 is 1.94 bits per heavy atom. The quantitative estimate of drug-likeness (QED) is 0.0465. The van der Waals surface area contributed by atoms with Crippen LogP contribution in [-0.4, -0.2) is 159 Å². The number of phosphoric acid groups is 2. The minimum atomic E-state index is -5.38. The highest BCUT2D eigenvalue weighted by Gasteiger charge is 2.53. The molecule has 336 valence electrons. The van der Waals surface area contributed by atoms with E-state index in [4.69, 9.17) is 49.5 Å². The zero-order valence-corrected chi connectivity index (χ0v) is 33.0. The van der Waals surface area contributed by atoms with Gasteiger partial charge in [0.05, 0.1) is 32.5 Å². The van der Waals surface area contributed by atoms with Gasteiger partial charge in [0.1, 0.15) is 72.6 Å². The molecule has 0 aliphatic carbocycles. The largest absolute Gasteiger partial charge is 0.472 e. The van der Waals surface area contributed by atoms with Gasteiger partial charge in [-0.3, -0.25) is 41.6 Å². The zero-order valence-electron chi connectivity index (χ0n) is 31.2. The third kappa shape index (κ3) is 8.21. The Morgan fingerprint density at radius 1 is 0.710 bits per heavy atom. The fourth-order valence-corrected chi connectivity index (χ4v) is 8.97. The lowest BCUT2D eigenvalue weighted by molar-refractivity contribution is -0.0621. The molecule has 0 saturated carbocycles. The van der Waals surface area contributed by atoms with Crippen molar-refractivity contribution in [1.29, 1.82) is 0 Å². The van der Waals surface area contributed by atoms with E-state index in [0.29, 0.717) is 0 Å². The lowest BCUT2D eigenvalue weighted by Crippen LogP contribution is -2.38. The van der Waals surface area contributed by atoms with Crippen LogP contribution in [0.1, 0.15) is 18.7 Å². The average molecular weight is 918 g/mol. The van der Waals surface area contributed by atoms with E-state index < -0.39 is 120 Å². The monoisotopic (exact) mass is 917 g/mol. The fourth-order valence-electron chi connectivity index (χ4n) is 7.05. The highest BCUT2D eigenvalue weighted by atomic mass is 31.2. The van der Waals surface area contributed by atoms with Crippen LogP contribution in [0.5, 0.6) is 0 Å². The molecule has 3 aliphatic rings. The van der Waals surface area contributed by atoms with Gasteiger partial charge in [-0.25, -0.2) is 33.9 Å². The molecule has 0 amide bonds. The number of fused-ring (bicyclic) bond motifs is 2. The Kier molecular flexibility index (Phi) is 11.7. The number of hydrogen-bond donors (Lipinski definition) is 11. The summed E-state index contributed by atoms with van der Waals surface area (Å²) in [4.78, 5) is 72.2. The van der Waals surface area contributed by atoms with E-state index in [2.05, 4.69) is 34.9 Å². The van der Waals surface area contributed by atoms with Gasteiger partial charge in [0, 0.05) is 6.20 Å². The zero-order chi connectivity index (χ0) is 44.4. The lowest BCUT2D eigenvalue weighted by atomic mass is 10.1. The number of aromatic amines is 1. The van der Waals surface area contributed by atoms with Gasteiger partial charge in [-0.1, -0.05) is 0 Å². The van der Waals surface area contributed by atoms with Gasteiger partial charge >= 0.3 is 21.3 Å². The highest BCUT2D eigenvalue weighted by molar-refractivity contribution is 7.47. The van der Waals surface area contributed by atoms with Crippen LogP contribution in [0.25, 0.3) is 22.3 Å². The first-order valence-electron chi connectivity index (χ1n) is 18.0. The van der Waals surface area contributed by atoms with E-state index in [1.165, 1.54) is 17.0 Å². The standard InChI is InChI=1S/C29H37N13O18P2/c30-12-1-2-40(29(49)37-12)26-17(46)19(9(3-43)56-26)59-62(52,53)55-5-11-20(18(47)27(58-11)42-8-36-14-23(42)38-28(32)39-24(14)48)60-61(50,51)54-4-10-15(44)16(45)25(57-10)41-7-35-13-21(31)33-6-34-22(13)41/h1-2,6-11,15-20,25-27,43-47H,3-5H2,(H,50,51)(H,52,53)(H2,30,37,49)(H2,31,33,34)(H3,32,38,39,48)/t9-,10-,11-,15-,16-,17-,18-,19-,20-,25-,26-,27-/m1/s1. The van der Waals surface area contributed by atoms with Crippen LogP contribution in [0.4, 0.5) is 17.6 Å². The topological polar surface area (TPSA) is 460 Å². The number of nitrogen functional groups attached to an aromatic ring is 3. The molecule has 14 atom stereocenters. The van der Waals surface area contributed by atoms with Crippen molar-refractivity contribution in [2.45, 2.75) is 73.6 Å². The fraction of sp³-hybridized carbons (Fsp3) is 0.517. The normalized spacial score (nSPS) is 32.1. The number of aliphatic hydroxyl groups excluding tert-OH is 5. The van der Waals surface area contributed by atoms with Gasteiger partial charge in [0.25, 0.3) is 5.56 Å². The maximum absolute atomic E-state index is 13.5. The van der Waals surface area contributed by atoms with E-state index in [1.807, 2.05) is 0 Å². The summed E-state index contributed by atoms with van der Waals surface area (Å²) >= 11 is 0. The summed E-state index contributed by atoms with van der Waals surface area (Å²) in [7, 11) is -10.8. The van der Waals surface area contributed by atoms with Crippen LogP contribution >= 0.6 is 15.6 Å². The van der Waals surface area contributed by atoms with Crippen molar-refractivity contribution in [3.8, 4) is 0 Å². The summed E-state index contributed by atoms with van der Waals surface area (Å²) < 4.78 is 67.7. The Hall–Kier alpha value is -4.92. The molecule has 0 aromatic carbocycles.